The lowest BCUT2D eigenvalue weighted by atomic mass is 10.2. The van der Waals surface area contributed by atoms with Gasteiger partial charge >= 0.3 is 0 Å². The van der Waals surface area contributed by atoms with Crippen LogP contribution in [-0.4, -0.2) is 15.0 Å². The number of nitrogens with one attached hydrogen (secondary N) is 1. The van der Waals surface area contributed by atoms with E-state index in [4.69, 9.17) is 22.1 Å². The van der Waals surface area contributed by atoms with Gasteiger partial charge in [0.05, 0.1) is 5.52 Å². The van der Waals surface area contributed by atoms with Crippen LogP contribution in [0, 0.1) is 6.92 Å². The number of hydrogen-bond donors (Lipinski definition) is 2. The summed E-state index contributed by atoms with van der Waals surface area (Å²) in [5.41, 5.74) is 9.18. The summed E-state index contributed by atoms with van der Waals surface area (Å²) in [6, 6.07) is 15.0. The summed E-state index contributed by atoms with van der Waals surface area (Å²) < 4.78 is 5.82. The van der Waals surface area contributed by atoms with Crippen LogP contribution in [0.5, 0.6) is 11.6 Å². The zero-order valence-electron chi connectivity index (χ0n) is 14.5. The lowest BCUT2D eigenvalue weighted by Gasteiger charge is -2.13. The molecular formula is C20H16ClN5O. The van der Waals surface area contributed by atoms with Crippen LogP contribution < -0.4 is 15.8 Å². The van der Waals surface area contributed by atoms with E-state index < -0.39 is 0 Å². The Morgan fingerprint density at radius 3 is 2.78 bits per heavy atom. The van der Waals surface area contributed by atoms with E-state index in [0.29, 0.717) is 22.3 Å². The van der Waals surface area contributed by atoms with Crippen molar-refractivity contribution in [3.05, 3.63) is 71.6 Å². The molecule has 2 heterocycles. The van der Waals surface area contributed by atoms with Crippen molar-refractivity contribution in [2.45, 2.75) is 6.92 Å². The molecule has 2 aromatic heterocycles. The second-order valence-electron chi connectivity index (χ2n) is 5.95. The van der Waals surface area contributed by atoms with Crippen LogP contribution in [0.2, 0.25) is 5.02 Å². The molecular weight excluding hydrogens is 362 g/mol. The van der Waals surface area contributed by atoms with Crippen LogP contribution in [0.15, 0.2) is 61.1 Å². The van der Waals surface area contributed by atoms with Crippen LogP contribution >= 0.6 is 11.6 Å². The Kier molecular flexibility index (Phi) is 4.48. The van der Waals surface area contributed by atoms with Crippen molar-refractivity contribution in [3.63, 3.8) is 0 Å². The number of ether oxygens (including phenoxy) is 1. The number of benzene rings is 2. The average Bonchev–Trinajstić information content (AvgIpc) is 2.68. The summed E-state index contributed by atoms with van der Waals surface area (Å²) in [5.74, 6) is 1.33. The van der Waals surface area contributed by atoms with Crippen molar-refractivity contribution in [1.82, 2.24) is 15.0 Å². The number of rotatable bonds is 4. The van der Waals surface area contributed by atoms with Gasteiger partial charge < -0.3 is 15.8 Å². The van der Waals surface area contributed by atoms with E-state index in [1.807, 2.05) is 43.3 Å². The molecule has 0 radical (unpaired) electrons. The fourth-order valence-electron chi connectivity index (χ4n) is 2.69. The number of nitrogens with two attached hydrogens (primary N) is 1. The number of fused-ring (bicyclic) bond motifs is 1. The van der Waals surface area contributed by atoms with Gasteiger partial charge in [-0.3, -0.25) is 4.98 Å². The first-order chi connectivity index (χ1) is 13.1. The van der Waals surface area contributed by atoms with E-state index in [9.17, 15) is 0 Å². The fraction of sp³-hybridized carbons (Fsp3) is 0.0500. The molecule has 3 N–H and O–H groups in total. The molecule has 0 unspecified atom stereocenters. The van der Waals surface area contributed by atoms with Gasteiger partial charge in [-0.05, 0) is 55.0 Å². The third-order valence-corrected chi connectivity index (χ3v) is 4.51. The Balaban J connectivity index is 1.66. The smallest absolute Gasteiger partial charge is 0.248 e. The quantitative estimate of drug-likeness (QED) is 0.514. The number of pyridine rings is 1. The SMILES string of the molecule is Cc1cc(Oc2ncnc(Nc3cccc4ncccc34)c2N)ccc1Cl. The van der Waals surface area contributed by atoms with Crippen LogP contribution in [0.3, 0.4) is 0 Å². The minimum Gasteiger partial charge on any atom is -0.437 e. The molecule has 0 aliphatic carbocycles. The van der Waals surface area contributed by atoms with Crippen molar-refractivity contribution >= 4 is 39.7 Å². The number of aryl methyl sites for hydroxylation is 1. The highest BCUT2D eigenvalue weighted by Crippen LogP contribution is 2.33. The first kappa shape index (κ1) is 17.1. The molecule has 0 bridgehead atoms. The molecule has 134 valence electrons. The minimum atomic E-state index is 0.271. The molecule has 0 spiro atoms. The standard InChI is InChI=1S/C20H16ClN5O/c1-12-10-13(7-8-15(12)21)27-20-18(22)19(24-11-25-20)26-17-6-2-5-16-14(17)4-3-9-23-16/h2-11H,22H2,1H3,(H,24,25,26). The second kappa shape index (κ2) is 7.09. The number of anilines is 3. The number of hydrogen-bond acceptors (Lipinski definition) is 6. The third-order valence-electron chi connectivity index (χ3n) is 4.09. The molecule has 7 heteroatoms. The molecule has 0 aliphatic rings. The van der Waals surface area contributed by atoms with E-state index in [0.717, 1.165) is 22.2 Å². The number of aromatic nitrogens is 3. The highest BCUT2D eigenvalue weighted by molar-refractivity contribution is 6.31. The third kappa shape index (κ3) is 3.47. The molecule has 0 saturated heterocycles. The van der Waals surface area contributed by atoms with Gasteiger partial charge in [0, 0.05) is 22.3 Å². The van der Waals surface area contributed by atoms with Gasteiger partial charge in [-0.2, -0.15) is 4.98 Å². The van der Waals surface area contributed by atoms with Gasteiger partial charge in [-0.1, -0.05) is 17.7 Å². The lowest BCUT2D eigenvalue weighted by molar-refractivity contribution is 0.464. The largest absolute Gasteiger partial charge is 0.437 e. The van der Waals surface area contributed by atoms with Crippen LogP contribution in [0.1, 0.15) is 5.56 Å². The van der Waals surface area contributed by atoms with E-state index in [1.165, 1.54) is 6.33 Å². The number of nitrogen functional groups attached to an aromatic ring is 1. The maximum Gasteiger partial charge on any atom is 0.248 e. The van der Waals surface area contributed by atoms with E-state index in [1.54, 1.807) is 18.3 Å². The Bertz CT molecular complexity index is 1130. The monoisotopic (exact) mass is 377 g/mol. The highest BCUT2D eigenvalue weighted by Gasteiger charge is 2.12. The van der Waals surface area contributed by atoms with Gasteiger partial charge in [-0.25, -0.2) is 4.98 Å². The molecule has 2 aromatic carbocycles. The van der Waals surface area contributed by atoms with E-state index in [2.05, 4.69) is 20.3 Å². The highest BCUT2D eigenvalue weighted by atomic mass is 35.5. The zero-order chi connectivity index (χ0) is 18.8. The van der Waals surface area contributed by atoms with Crippen molar-refractivity contribution in [2.24, 2.45) is 0 Å². The van der Waals surface area contributed by atoms with Gasteiger partial charge in [0.15, 0.2) is 5.82 Å². The second-order valence-corrected chi connectivity index (χ2v) is 6.36. The van der Waals surface area contributed by atoms with Crippen LogP contribution in [-0.2, 0) is 0 Å². The summed E-state index contributed by atoms with van der Waals surface area (Å²) in [6.45, 7) is 1.90. The summed E-state index contributed by atoms with van der Waals surface area (Å²) in [4.78, 5) is 12.7. The van der Waals surface area contributed by atoms with Crippen LogP contribution in [0.25, 0.3) is 10.9 Å². The first-order valence-corrected chi connectivity index (χ1v) is 8.65. The summed E-state index contributed by atoms with van der Waals surface area (Å²) in [7, 11) is 0. The number of nitrogens with zero attached hydrogens (tertiary/aromatic N) is 3. The predicted octanol–water partition coefficient (Wildman–Crippen LogP) is 5.10. The lowest BCUT2D eigenvalue weighted by Crippen LogP contribution is -2.03. The summed E-state index contributed by atoms with van der Waals surface area (Å²) in [5, 5.41) is 4.88. The van der Waals surface area contributed by atoms with Crippen molar-refractivity contribution in [3.8, 4) is 11.6 Å². The summed E-state index contributed by atoms with van der Waals surface area (Å²) in [6.07, 6.45) is 3.16. The van der Waals surface area contributed by atoms with E-state index in [-0.39, 0.29) is 5.88 Å². The van der Waals surface area contributed by atoms with Crippen LogP contribution in [0.4, 0.5) is 17.2 Å². The van der Waals surface area contributed by atoms with E-state index >= 15 is 0 Å². The Labute approximate surface area is 161 Å². The molecule has 27 heavy (non-hydrogen) atoms. The Morgan fingerprint density at radius 2 is 1.93 bits per heavy atom. The summed E-state index contributed by atoms with van der Waals surface area (Å²) >= 11 is 6.06. The van der Waals surface area contributed by atoms with Gasteiger partial charge in [0.2, 0.25) is 5.88 Å². The molecule has 6 nitrogen and oxygen atoms in total. The topological polar surface area (TPSA) is 86.0 Å². The molecule has 4 aromatic rings. The average molecular weight is 378 g/mol. The maximum absolute atomic E-state index is 6.24. The zero-order valence-corrected chi connectivity index (χ0v) is 15.2. The predicted molar refractivity (Wildman–Crippen MR) is 108 cm³/mol. The van der Waals surface area contributed by atoms with Crippen molar-refractivity contribution in [1.29, 1.82) is 0 Å². The fourth-order valence-corrected chi connectivity index (χ4v) is 2.81. The first-order valence-electron chi connectivity index (χ1n) is 8.27. The Hall–Kier alpha value is -3.38. The molecule has 0 saturated carbocycles. The molecule has 4 rings (SSSR count). The van der Waals surface area contributed by atoms with Crippen molar-refractivity contribution in [2.75, 3.05) is 11.1 Å². The molecule has 0 atom stereocenters. The molecule has 0 amide bonds. The van der Waals surface area contributed by atoms with Gasteiger partial charge in [0.25, 0.3) is 0 Å². The van der Waals surface area contributed by atoms with Gasteiger partial charge in [-0.15, -0.1) is 0 Å². The normalized spacial score (nSPS) is 10.7. The molecule has 0 aliphatic heterocycles. The number of halogens is 1. The maximum atomic E-state index is 6.24. The Morgan fingerprint density at radius 1 is 1.04 bits per heavy atom. The van der Waals surface area contributed by atoms with Crippen molar-refractivity contribution < 1.29 is 4.74 Å². The van der Waals surface area contributed by atoms with Gasteiger partial charge in [0.1, 0.15) is 17.8 Å². The molecule has 0 fully saturated rings. The minimum absolute atomic E-state index is 0.271.